The molecule has 1 saturated heterocycles. The van der Waals surface area contributed by atoms with Crippen molar-refractivity contribution < 1.29 is 5.11 Å². The maximum absolute atomic E-state index is 10.6. The van der Waals surface area contributed by atoms with Gasteiger partial charge in [0.15, 0.2) is 0 Å². The van der Waals surface area contributed by atoms with Crippen molar-refractivity contribution in [2.45, 2.75) is 30.0 Å². The zero-order valence-corrected chi connectivity index (χ0v) is 15.1. The van der Waals surface area contributed by atoms with E-state index in [-0.39, 0.29) is 12.1 Å². The fourth-order valence-electron chi connectivity index (χ4n) is 4.03. The summed E-state index contributed by atoms with van der Waals surface area (Å²) < 4.78 is 0. The van der Waals surface area contributed by atoms with Crippen LogP contribution in [0, 0.1) is 11.8 Å². The largest absolute Gasteiger partial charge is 0.391 e. The zero-order chi connectivity index (χ0) is 17.2. The molecule has 4 rings (SSSR count). The second-order valence-corrected chi connectivity index (χ2v) is 7.67. The van der Waals surface area contributed by atoms with Crippen LogP contribution in [-0.4, -0.2) is 51.5 Å². The summed E-state index contributed by atoms with van der Waals surface area (Å²) in [6.07, 6.45) is 8.49. The van der Waals surface area contributed by atoms with Crippen LogP contribution in [0.4, 0.5) is 11.6 Å². The molecule has 2 aromatic rings. The van der Waals surface area contributed by atoms with Gasteiger partial charge in [0.2, 0.25) is 0 Å². The van der Waals surface area contributed by atoms with E-state index in [1.807, 2.05) is 6.07 Å². The smallest absolute Gasteiger partial charge is 0.144 e. The van der Waals surface area contributed by atoms with Crippen LogP contribution in [0.15, 0.2) is 41.8 Å². The molecule has 1 aliphatic carbocycles. The molecular formula is C18H23N5OS. The van der Waals surface area contributed by atoms with Crippen molar-refractivity contribution in [2.24, 2.45) is 11.8 Å². The Morgan fingerprint density at radius 1 is 1.20 bits per heavy atom. The van der Waals surface area contributed by atoms with Crippen LogP contribution in [0.5, 0.6) is 0 Å². The molecule has 6 nitrogen and oxygen atoms in total. The molecule has 2 aliphatic rings. The Hall–Kier alpha value is -1.86. The van der Waals surface area contributed by atoms with E-state index in [0.29, 0.717) is 11.8 Å². The lowest BCUT2D eigenvalue weighted by atomic mass is 9.77. The van der Waals surface area contributed by atoms with Crippen molar-refractivity contribution in [1.29, 1.82) is 0 Å². The molecule has 0 amide bonds. The van der Waals surface area contributed by atoms with E-state index in [1.165, 1.54) is 0 Å². The zero-order valence-electron chi connectivity index (χ0n) is 14.2. The van der Waals surface area contributed by atoms with Crippen molar-refractivity contribution in [3.05, 3.63) is 36.8 Å². The van der Waals surface area contributed by atoms with Gasteiger partial charge in [-0.3, -0.25) is 4.98 Å². The fourth-order valence-corrected chi connectivity index (χ4v) is 4.43. The second kappa shape index (κ2) is 7.17. The van der Waals surface area contributed by atoms with Crippen LogP contribution >= 0.6 is 11.8 Å². The molecular weight excluding hydrogens is 334 g/mol. The number of anilines is 2. The summed E-state index contributed by atoms with van der Waals surface area (Å²) in [5, 5.41) is 15.0. The van der Waals surface area contributed by atoms with Gasteiger partial charge in [-0.15, -0.1) is 11.8 Å². The number of fused-ring (bicyclic) bond motifs is 1. The van der Waals surface area contributed by atoms with Crippen molar-refractivity contribution in [2.75, 3.05) is 29.6 Å². The van der Waals surface area contributed by atoms with Gasteiger partial charge < -0.3 is 15.3 Å². The summed E-state index contributed by atoms with van der Waals surface area (Å²) in [5.41, 5.74) is 0. The Morgan fingerprint density at radius 2 is 2.04 bits per heavy atom. The molecule has 1 aliphatic heterocycles. The number of hydrogen-bond acceptors (Lipinski definition) is 7. The van der Waals surface area contributed by atoms with E-state index in [4.69, 9.17) is 4.98 Å². The third kappa shape index (κ3) is 3.57. The number of aromatic nitrogens is 3. The topological polar surface area (TPSA) is 74.2 Å². The summed E-state index contributed by atoms with van der Waals surface area (Å²) in [6.45, 7) is 1.98. The van der Waals surface area contributed by atoms with Gasteiger partial charge in [0.05, 0.1) is 23.4 Å². The molecule has 7 heteroatoms. The Labute approximate surface area is 152 Å². The molecule has 2 fully saturated rings. The van der Waals surface area contributed by atoms with Gasteiger partial charge in [-0.1, -0.05) is 6.07 Å². The lowest BCUT2D eigenvalue weighted by Gasteiger charge is -2.35. The van der Waals surface area contributed by atoms with E-state index in [0.717, 1.165) is 42.6 Å². The molecule has 0 aromatic carbocycles. The van der Waals surface area contributed by atoms with Crippen molar-refractivity contribution in [3.8, 4) is 0 Å². The number of nitrogens with one attached hydrogen (secondary N) is 1. The molecule has 25 heavy (non-hydrogen) atoms. The molecule has 132 valence electrons. The number of rotatable bonds is 4. The molecule has 0 unspecified atom stereocenters. The van der Waals surface area contributed by atoms with Crippen LogP contribution in [0.1, 0.15) is 12.8 Å². The SMILES string of the molecule is CSc1cccc(N2C[C@H]3C[C@@H](Nc4cnccn4)[C@H](O)C[C@H]3C2)n1. The van der Waals surface area contributed by atoms with Crippen LogP contribution < -0.4 is 10.2 Å². The quantitative estimate of drug-likeness (QED) is 0.813. The number of hydrogen-bond donors (Lipinski definition) is 2. The van der Waals surface area contributed by atoms with Crippen molar-refractivity contribution >= 4 is 23.4 Å². The van der Waals surface area contributed by atoms with Crippen LogP contribution in [0.3, 0.4) is 0 Å². The van der Waals surface area contributed by atoms with Gasteiger partial charge >= 0.3 is 0 Å². The third-order valence-corrected chi connectivity index (χ3v) is 5.93. The minimum absolute atomic E-state index is 0.0309. The van der Waals surface area contributed by atoms with Crippen molar-refractivity contribution in [3.63, 3.8) is 0 Å². The summed E-state index contributed by atoms with van der Waals surface area (Å²) >= 11 is 1.67. The van der Waals surface area contributed by atoms with E-state index in [9.17, 15) is 5.11 Å². The number of nitrogens with zero attached hydrogens (tertiary/aromatic N) is 4. The summed E-state index contributed by atoms with van der Waals surface area (Å²) in [6, 6.07) is 6.23. The first-order valence-corrected chi connectivity index (χ1v) is 9.92. The van der Waals surface area contributed by atoms with E-state index in [1.54, 1.807) is 30.4 Å². The standard InChI is InChI=1S/C18H23N5OS/c1-25-18-4-2-3-17(22-18)23-10-12-7-14(15(24)8-13(12)11-23)21-16-9-19-5-6-20-16/h2-6,9,12-15,24H,7-8,10-11H2,1H3,(H,20,21)/t12-,13+,14-,15-/m1/s1. The average molecular weight is 357 g/mol. The minimum atomic E-state index is -0.353. The van der Waals surface area contributed by atoms with Crippen molar-refractivity contribution in [1.82, 2.24) is 15.0 Å². The van der Waals surface area contributed by atoms with Gasteiger partial charge in [-0.2, -0.15) is 0 Å². The lowest BCUT2D eigenvalue weighted by molar-refractivity contribution is 0.0737. The lowest BCUT2D eigenvalue weighted by Crippen LogP contribution is -2.43. The Bertz CT molecular complexity index is 716. The van der Waals surface area contributed by atoms with E-state index >= 15 is 0 Å². The molecule has 1 saturated carbocycles. The summed E-state index contributed by atoms with van der Waals surface area (Å²) in [7, 11) is 0. The van der Waals surface area contributed by atoms with Gasteiger partial charge in [0, 0.05) is 25.5 Å². The fraction of sp³-hybridized carbons (Fsp3) is 0.500. The first kappa shape index (κ1) is 16.6. The maximum Gasteiger partial charge on any atom is 0.144 e. The maximum atomic E-state index is 10.6. The number of pyridine rings is 1. The third-order valence-electron chi connectivity index (χ3n) is 5.28. The van der Waals surface area contributed by atoms with Gasteiger partial charge in [-0.25, -0.2) is 9.97 Å². The number of aliphatic hydroxyl groups excluding tert-OH is 1. The highest BCUT2D eigenvalue weighted by atomic mass is 32.2. The number of thioether (sulfide) groups is 1. The van der Waals surface area contributed by atoms with Crippen LogP contribution in [0.25, 0.3) is 0 Å². The Balaban J connectivity index is 1.44. The first-order valence-electron chi connectivity index (χ1n) is 8.69. The monoisotopic (exact) mass is 357 g/mol. The molecule has 2 aromatic heterocycles. The summed E-state index contributed by atoms with van der Waals surface area (Å²) in [4.78, 5) is 15.4. The predicted molar refractivity (Wildman–Crippen MR) is 99.9 cm³/mol. The Morgan fingerprint density at radius 3 is 2.80 bits per heavy atom. The summed E-state index contributed by atoms with van der Waals surface area (Å²) in [5.74, 6) is 2.87. The minimum Gasteiger partial charge on any atom is -0.391 e. The molecule has 0 bridgehead atoms. The second-order valence-electron chi connectivity index (χ2n) is 6.84. The molecule has 2 N–H and O–H groups in total. The van der Waals surface area contributed by atoms with E-state index in [2.05, 4.69) is 38.6 Å². The first-order chi connectivity index (χ1) is 12.2. The molecule has 0 radical (unpaired) electrons. The van der Waals surface area contributed by atoms with Gasteiger partial charge in [0.25, 0.3) is 0 Å². The van der Waals surface area contributed by atoms with Gasteiger partial charge in [-0.05, 0) is 43.1 Å². The van der Waals surface area contributed by atoms with Crippen LogP contribution in [-0.2, 0) is 0 Å². The van der Waals surface area contributed by atoms with Gasteiger partial charge in [0.1, 0.15) is 11.6 Å². The predicted octanol–water partition coefficient (Wildman–Crippen LogP) is 2.28. The highest BCUT2D eigenvalue weighted by Gasteiger charge is 2.42. The molecule has 3 heterocycles. The average Bonchev–Trinajstić information content (AvgIpc) is 3.06. The highest BCUT2D eigenvalue weighted by Crippen LogP contribution is 2.39. The van der Waals surface area contributed by atoms with E-state index < -0.39 is 0 Å². The molecule has 0 spiro atoms. The normalized spacial score (nSPS) is 28.6. The highest BCUT2D eigenvalue weighted by molar-refractivity contribution is 7.98. The Kier molecular flexibility index (Phi) is 4.76. The molecule has 4 atom stereocenters. The van der Waals surface area contributed by atoms with Crippen LogP contribution in [0.2, 0.25) is 0 Å². The number of aliphatic hydroxyl groups is 1.